The van der Waals surface area contributed by atoms with Crippen LogP contribution in [0.15, 0.2) is 36.5 Å². The maximum atomic E-state index is 11.6. The van der Waals surface area contributed by atoms with Crippen molar-refractivity contribution in [3.63, 3.8) is 0 Å². The highest BCUT2D eigenvalue weighted by Gasteiger charge is 2.13. The number of hydrogen-bond acceptors (Lipinski definition) is 6. The van der Waals surface area contributed by atoms with Crippen LogP contribution in [-0.4, -0.2) is 29.1 Å². The minimum absolute atomic E-state index is 0.116. The molecule has 0 aliphatic rings. The first-order chi connectivity index (χ1) is 10.2. The van der Waals surface area contributed by atoms with Gasteiger partial charge >= 0.3 is 5.97 Å². The van der Waals surface area contributed by atoms with Gasteiger partial charge in [0, 0.05) is 12.7 Å². The topological polar surface area (TPSA) is 90.1 Å². The van der Waals surface area contributed by atoms with E-state index in [0.29, 0.717) is 12.5 Å². The lowest BCUT2D eigenvalue weighted by molar-refractivity contribution is 0.0527. The predicted octanol–water partition coefficient (Wildman–Crippen LogP) is 1.89. The molecule has 0 bridgehead atoms. The number of carbonyl (C=O) groups is 1. The summed E-state index contributed by atoms with van der Waals surface area (Å²) in [6, 6.07) is 10.1. The minimum Gasteiger partial charge on any atom is -0.462 e. The van der Waals surface area contributed by atoms with Gasteiger partial charge < -0.3 is 15.8 Å². The smallest absolute Gasteiger partial charge is 0.343 e. The number of nitrogens with zero attached hydrogens (tertiary/aromatic N) is 2. The standard InChI is InChI=1S/C15H18N4O2/c1-2-21-14(20)12-10-18-15(19-13(12)16)17-9-8-11-6-4-3-5-7-11/h3-7,10H,2,8-9H2,1H3,(H3,16,17,18,19). The Morgan fingerprint density at radius 2 is 2.10 bits per heavy atom. The Morgan fingerprint density at radius 1 is 1.33 bits per heavy atom. The molecule has 6 heteroatoms. The molecule has 0 unspecified atom stereocenters. The van der Waals surface area contributed by atoms with Crippen LogP contribution in [-0.2, 0) is 11.2 Å². The molecule has 0 amide bonds. The van der Waals surface area contributed by atoms with E-state index in [9.17, 15) is 4.79 Å². The summed E-state index contributed by atoms with van der Waals surface area (Å²) in [4.78, 5) is 19.7. The van der Waals surface area contributed by atoms with Crippen molar-refractivity contribution >= 4 is 17.7 Å². The lowest BCUT2D eigenvalue weighted by atomic mass is 10.1. The van der Waals surface area contributed by atoms with E-state index in [1.54, 1.807) is 6.92 Å². The van der Waals surface area contributed by atoms with Gasteiger partial charge in [0.1, 0.15) is 11.4 Å². The minimum atomic E-state index is -0.508. The average Bonchev–Trinajstić information content (AvgIpc) is 2.48. The highest BCUT2D eigenvalue weighted by molar-refractivity contribution is 5.93. The summed E-state index contributed by atoms with van der Waals surface area (Å²) in [5.74, 6) is 0.00739. The Hall–Kier alpha value is -2.63. The summed E-state index contributed by atoms with van der Waals surface area (Å²) >= 11 is 0. The quantitative estimate of drug-likeness (QED) is 0.788. The van der Waals surface area contributed by atoms with E-state index in [4.69, 9.17) is 10.5 Å². The summed E-state index contributed by atoms with van der Waals surface area (Å²) in [5, 5.41) is 3.08. The highest BCUT2D eigenvalue weighted by atomic mass is 16.5. The van der Waals surface area contributed by atoms with E-state index in [0.717, 1.165) is 6.42 Å². The zero-order chi connectivity index (χ0) is 15.1. The zero-order valence-corrected chi connectivity index (χ0v) is 11.9. The summed E-state index contributed by atoms with van der Waals surface area (Å²) < 4.78 is 4.87. The fourth-order valence-corrected chi connectivity index (χ4v) is 1.81. The Bertz CT molecular complexity index is 602. The third-order valence-electron chi connectivity index (χ3n) is 2.85. The molecule has 0 fully saturated rings. The number of nitrogens with one attached hydrogen (secondary N) is 1. The molecule has 21 heavy (non-hydrogen) atoms. The molecule has 0 saturated carbocycles. The number of rotatable bonds is 6. The second-order valence-electron chi connectivity index (χ2n) is 4.38. The fourth-order valence-electron chi connectivity index (χ4n) is 1.81. The first-order valence-corrected chi connectivity index (χ1v) is 6.78. The van der Waals surface area contributed by atoms with Crippen LogP contribution in [0.3, 0.4) is 0 Å². The van der Waals surface area contributed by atoms with Crippen LogP contribution in [0.5, 0.6) is 0 Å². The monoisotopic (exact) mass is 286 g/mol. The van der Waals surface area contributed by atoms with Crippen molar-refractivity contribution in [1.29, 1.82) is 0 Å². The van der Waals surface area contributed by atoms with Gasteiger partial charge in [-0.3, -0.25) is 0 Å². The van der Waals surface area contributed by atoms with E-state index < -0.39 is 5.97 Å². The molecule has 6 nitrogen and oxygen atoms in total. The first kappa shape index (κ1) is 14.8. The van der Waals surface area contributed by atoms with Crippen molar-refractivity contribution in [1.82, 2.24) is 9.97 Å². The van der Waals surface area contributed by atoms with Crippen LogP contribution in [0.2, 0.25) is 0 Å². The van der Waals surface area contributed by atoms with Gasteiger partial charge in [-0.2, -0.15) is 4.98 Å². The summed E-state index contributed by atoms with van der Waals surface area (Å²) in [6.07, 6.45) is 2.23. The van der Waals surface area contributed by atoms with E-state index in [1.165, 1.54) is 11.8 Å². The lowest BCUT2D eigenvalue weighted by Gasteiger charge is -2.08. The third-order valence-corrected chi connectivity index (χ3v) is 2.85. The zero-order valence-electron chi connectivity index (χ0n) is 11.9. The maximum Gasteiger partial charge on any atom is 0.343 e. The van der Waals surface area contributed by atoms with E-state index >= 15 is 0 Å². The van der Waals surface area contributed by atoms with E-state index in [-0.39, 0.29) is 18.0 Å². The van der Waals surface area contributed by atoms with Gasteiger partial charge in [-0.15, -0.1) is 0 Å². The number of ether oxygens (including phenoxy) is 1. The van der Waals surface area contributed by atoms with E-state index in [1.807, 2.05) is 18.2 Å². The van der Waals surface area contributed by atoms with Crippen molar-refractivity contribution in [2.24, 2.45) is 0 Å². The third kappa shape index (κ3) is 4.17. The van der Waals surface area contributed by atoms with Crippen molar-refractivity contribution in [2.75, 3.05) is 24.2 Å². The first-order valence-electron chi connectivity index (χ1n) is 6.78. The van der Waals surface area contributed by atoms with Crippen molar-refractivity contribution in [2.45, 2.75) is 13.3 Å². The second kappa shape index (κ2) is 7.23. The molecule has 0 aliphatic heterocycles. The molecule has 0 aliphatic carbocycles. The number of nitrogens with two attached hydrogens (primary N) is 1. The van der Waals surface area contributed by atoms with Gasteiger partial charge in [0.05, 0.1) is 6.61 Å². The number of aromatic nitrogens is 2. The van der Waals surface area contributed by atoms with Gasteiger partial charge in [-0.25, -0.2) is 9.78 Å². The SMILES string of the molecule is CCOC(=O)c1cnc(NCCc2ccccc2)nc1N. The normalized spacial score (nSPS) is 10.1. The number of hydrogen-bond donors (Lipinski definition) is 2. The second-order valence-corrected chi connectivity index (χ2v) is 4.38. The molecule has 3 N–H and O–H groups in total. The van der Waals surface area contributed by atoms with Crippen LogP contribution in [0, 0.1) is 0 Å². The Morgan fingerprint density at radius 3 is 2.76 bits per heavy atom. The Kier molecular flexibility index (Phi) is 5.09. The van der Waals surface area contributed by atoms with Crippen LogP contribution < -0.4 is 11.1 Å². The summed E-state index contributed by atoms with van der Waals surface area (Å²) in [7, 11) is 0. The molecule has 1 aromatic heterocycles. The van der Waals surface area contributed by atoms with Crippen LogP contribution >= 0.6 is 0 Å². The molecular formula is C15H18N4O2. The molecular weight excluding hydrogens is 268 g/mol. The number of carbonyl (C=O) groups excluding carboxylic acids is 1. The Labute approximate surface area is 123 Å². The highest BCUT2D eigenvalue weighted by Crippen LogP contribution is 2.11. The summed E-state index contributed by atoms with van der Waals surface area (Å²) in [5.41, 5.74) is 7.15. The van der Waals surface area contributed by atoms with Gasteiger partial charge in [0.15, 0.2) is 0 Å². The lowest BCUT2D eigenvalue weighted by Crippen LogP contribution is -2.13. The van der Waals surface area contributed by atoms with Crippen molar-refractivity contribution in [3.05, 3.63) is 47.7 Å². The number of nitrogen functional groups attached to an aromatic ring is 1. The molecule has 1 heterocycles. The van der Waals surface area contributed by atoms with Crippen molar-refractivity contribution in [3.8, 4) is 0 Å². The average molecular weight is 286 g/mol. The van der Waals surface area contributed by atoms with Gasteiger partial charge in [0.25, 0.3) is 0 Å². The molecule has 2 aromatic rings. The Balaban J connectivity index is 1.93. The summed E-state index contributed by atoms with van der Waals surface area (Å²) in [6.45, 7) is 2.70. The van der Waals surface area contributed by atoms with Gasteiger partial charge in [-0.1, -0.05) is 30.3 Å². The number of benzene rings is 1. The fraction of sp³-hybridized carbons (Fsp3) is 0.267. The predicted molar refractivity (Wildman–Crippen MR) is 81.0 cm³/mol. The van der Waals surface area contributed by atoms with Crippen LogP contribution in [0.1, 0.15) is 22.8 Å². The van der Waals surface area contributed by atoms with E-state index in [2.05, 4.69) is 27.4 Å². The molecule has 0 atom stereocenters. The molecule has 0 spiro atoms. The van der Waals surface area contributed by atoms with Gasteiger partial charge in [-0.05, 0) is 18.9 Å². The van der Waals surface area contributed by atoms with Gasteiger partial charge in [0.2, 0.25) is 5.95 Å². The van der Waals surface area contributed by atoms with Crippen LogP contribution in [0.4, 0.5) is 11.8 Å². The number of esters is 1. The molecule has 0 saturated heterocycles. The largest absolute Gasteiger partial charge is 0.462 e. The maximum absolute atomic E-state index is 11.6. The molecule has 0 radical (unpaired) electrons. The molecule has 1 aromatic carbocycles. The van der Waals surface area contributed by atoms with Crippen LogP contribution in [0.25, 0.3) is 0 Å². The number of anilines is 2. The molecule has 2 rings (SSSR count). The molecule has 110 valence electrons. The van der Waals surface area contributed by atoms with Crippen molar-refractivity contribution < 1.29 is 9.53 Å².